The highest BCUT2D eigenvalue weighted by Gasteiger charge is 2.37. The Bertz CT molecular complexity index is 371. The lowest BCUT2D eigenvalue weighted by atomic mass is 10.3. The van der Waals surface area contributed by atoms with E-state index < -0.39 is 0 Å². The Hall–Kier alpha value is -1.32. The molecule has 1 aliphatic carbocycles. The van der Waals surface area contributed by atoms with Crippen LogP contribution < -0.4 is 10.6 Å². The molecule has 1 aliphatic rings. The van der Waals surface area contributed by atoms with E-state index in [1.807, 2.05) is 13.1 Å². The van der Waals surface area contributed by atoms with Gasteiger partial charge in [-0.1, -0.05) is 6.92 Å². The average Bonchev–Trinajstić information content (AvgIpc) is 2.98. The van der Waals surface area contributed by atoms with Gasteiger partial charge in [-0.2, -0.15) is 4.98 Å². The summed E-state index contributed by atoms with van der Waals surface area (Å²) in [6.45, 7) is 7.32. The van der Waals surface area contributed by atoms with E-state index in [-0.39, 0.29) is 5.54 Å². The summed E-state index contributed by atoms with van der Waals surface area (Å²) in [5.41, 5.74) is 1.37. The summed E-state index contributed by atoms with van der Waals surface area (Å²) in [6.07, 6.45) is 5.42. The zero-order valence-corrected chi connectivity index (χ0v) is 10.3. The van der Waals surface area contributed by atoms with E-state index in [4.69, 9.17) is 0 Å². The van der Waals surface area contributed by atoms with E-state index in [1.165, 1.54) is 12.8 Å². The lowest BCUT2D eigenvalue weighted by Gasteiger charge is -2.15. The van der Waals surface area contributed by atoms with Crippen molar-refractivity contribution in [3.63, 3.8) is 0 Å². The molecule has 0 radical (unpaired) electrons. The molecule has 0 bridgehead atoms. The first-order chi connectivity index (χ1) is 7.63. The fraction of sp³-hybridized carbons (Fsp3) is 0.667. The van der Waals surface area contributed by atoms with E-state index in [1.54, 1.807) is 0 Å². The largest absolute Gasteiger partial charge is 0.365 e. The third-order valence-corrected chi connectivity index (χ3v) is 2.93. The van der Waals surface area contributed by atoms with Crippen molar-refractivity contribution in [2.75, 3.05) is 17.2 Å². The van der Waals surface area contributed by atoms with Gasteiger partial charge in [0.25, 0.3) is 0 Å². The molecular formula is C12H20N4. The molecule has 0 aromatic carbocycles. The van der Waals surface area contributed by atoms with Crippen LogP contribution in [0.1, 0.15) is 38.7 Å². The smallest absolute Gasteiger partial charge is 0.224 e. The first-order valence-electron chi connectivity index (χ1n) is 5.99. The molecule has 1 aromatic rings. The standard InChI is InChI=1S/C12H20N4/c1-4-7-13-11-14-8-9(2)10(15-11)16-12(3)5-6-12/h8H,4-7H2,1-3H3,(H2,13,14,15,16). The first kappa shape index (κ1) is 11.2. The van der Waals surface area contributed by atoms with Gasteiger partial charge in [0.05, 0.1) is 0 Å². The Labute approximate surface area is 96.9 Å². The topological polar surface area (TPSA) is 49.8 Å². The zero-order valence-electron chi connectivity index (χ0n) is 10.3. The van der Waals surface area contributed by atoms with Crippen molar-refractivity contribution in [2.24, 2.45) is 0 Å². The second kappa shape index (κ2) is 4.28. The SMILES string of the molecule is CCCNc1ncc(C)c(NC2(C)CC2)n1. The summed E-state index contributed by atoms with van der Waals surface area (Å²) < 4.78 is 0. The minimum atomic E-state index is 0.265. The van der Waals surface area contributed by atoms with Crippen LogP contribution in [0.15, 0.2) is 6.20 Å². The van der Waals surface area contributed by atoms with Crippen molar-refractivity contribution in [1.82, 2.24) is 9.97 Å². The molecular weight excluding hydrogens is 200 g/mol. The Morgan fingerprint density at radius 3 is 2.81 bits per heavy atom. The summed E-state index contributed by atoms with van der Waals surface area (Å²) in [4.78, 5) is 8.77. The quantitative estimate of drug-likeness (QED) is 0.800. The van der Waals surface area contributed by atoms with Gasteiger partial charge in [0, 0.05) is 23.8 Å². The zero-order chi connectivity index (χ0) is 11.6. The predicted octanol–water partition coefficient (Wildman–Crippen LogP) is 2.57. The van der Waals surface area contributed by atoms with Crippen LogP contribution in [0.5, 0.6) is 0 Å². The van der Waals surface area contributed by atoms with Gasteiger partial charge >= 0.3 is 0 Å². The minimum absolute atomic E-state index is 0.265. The molecule has 1 saturated carbocycles. The van der Waals surface area contributed by atoms with Crippen molar-refractivity contribution in [1.29, 1.82) is 0 Å². The molecule has 1 aromatic heterocycles. The molecule has 88 valence electrons. The monoisotopic (exact) mass is 220 g/mol. The van der Waals surface area contributed by atoms with Gasteiger partial charge in [-0.25, -0.2) is 4.98 Å². The highest BCUT2D eigenvalue weighted by Crippen LogP contribution is 2.38. The number of hydrogen-bond donors (Lipinski definition) is 2. The lowest BCUT2D eigenvalue weighted by molar-refractivity contribution is 0.815. The fourth-order valence-corrected chi connectivity index (χ4v) is 1.49. The van der Waals surface area contributed by atoms with Crippen LogP contribution in [0.3, 0.4) is 0 Å². The van der Waals surface area contributed by atoms with Crippen LogP contribution in [0, 0.1) is 6.92 Å². The van der Waals surface area contributed by atoms with Gasteiger partial charge in [0.1, 0.15) is 5.82 Å². The fourth-order valence-electron chi connectivity index (χ4n) is 1.49. The molecule has 0 saturated heterocycles. The normalized spacial score (nSPS) is 16.9. The van der Waals surface area contributed by atoms with Crippen LogP contribution in [0.4, 0.5) is 11.8 Å². The molecule has 1 fully saturated rings. The second-order valence-electron chi connectivity index (χ2n) is 4.84. The van der Waals surface area contributed by atoms with E-state index >= 15 is 0 Å². The summed E-state index contributed by atoms with van der Waals surface area (Å²) in [6, 6.07) is 0. The molecule has 0 atom stereocenters. The maximum absolute atomic E-state index is 4.50. The highest BCUT2D eigenvalue weighted by molar-refractivity contribution is 5.49. The molecule has 4 nitrogen and oxygen atoms in total. The maximum Gasteiger partial charge on any atom is 0.224 e. The van der Waals surface area contributed by atoms with Crippen LogP contribution >= 0.6 is 0 Å². The van der Waals surface area contributed by atoms with Gasteiger partial charge in [-0.05, 0) is 33.1 Å². The average molecular weight is 220 g/mol. The van der Waals surface area contributed by atoms with Crippen molar-refractivity contribution >= 4 is 11.8 Å². The third kappa shape index (κ3) is 2.62. The van der Waals surface area contributed by atoms with E-state index in [0.29, 0.717) is 0 Å². The lowest BCUT2D eigenvalue weighted by Crippen LogP contribution is -2.18. The molecule has 0 unspecified atom stereocenters. The Balaban J connectivity index is 2.09. The van der Waals surface area contributed by atoms with Crippen LogP contribution in [0.2, 0.25) is 0 Å². The molecule has 1 heterocycles. The molecule has 0 amide bonds. The Morgan fingerprint density at radius 2 is 2.19 bits per heavy atom. The van der Waals surface area contributed by atoms with Gasteiger partial charge in [0.15, 0.2) is 0 Å². The Morgan fingerprint density at radius 1 is 1.44 bits per heavy atom. The number of nitrogens with zero attached hydrogens (tertiary/aromatic N) is 2. The molecule has 16 heavy (non-hydrogen) atoms. The van der Waals surface area contributed by atoms with Crippen molar-refractivity contribution in [3.05, 3.63) is 11.8 Å². The number of aromatic nitrogens is 2. The van der Waals surface area contributed by atoms with Gasteiger partial charge < -0.3 is 10.6 Å². The molecule has 4 heteroatoms. The Kier molecular flexibility index (Phi) is 2.99. The number of aryl methyl sites for hydroxylation is 1. The summed E-state index contributed by atoms with van der Waals surface area (Å²) in [7, 11) is 0. The number of anilines is 2. The molecule has 0 spiro atoms. The molecule has 2 N–H and O–H groups in total. The summed E-state index contributed by atoms with van der Waals surface area (Å²) >= 11 is 0. The number of nitrogens with one attached hydrogen (secondary N) is 2. The maximum atomic E-state index is 4.50. The van der Waals surface area contributed by atoms with E-state index in [2.05, 4.69) is 34.4 Å². The van der Waals surface area contributed by atoms with Crippen LogP contribution in [-0.2, 0) is 0 Å². The van der Waals surface area contributed by atoms with E-state index in [9.17, 15) is 0 Å². The van der Waals surface area contributed by atoms with Gasteiger partial charge in [-0.3, -0.25) is 0 Å². The summed E-state index contributed by atoms with van der Waals surface area (Å²) in [5, 5.41) is 6.69. The third-order valence-electron chi connectivity index (χ3n) is 2.93. The van der Waals surface area contributed by atoms with Gasteiger partial charge in [0.2, 0.25) is 5.95 Å². The van der Waals surface area contributed by atoms with Crippen LogP contribution in [-0.4, -0.2) is 22.1 Å². The highest BCUT2D eigenvalue weighted by atomic mass is 15.2. The van der Waals surface area contributed by atoms with Crippen LogP contribution in [0.25, 0.3) is 0 Å². The number of rotatable bonds is 5. The summed E-state index contributed by atoms with van der Waals surface area (Å²) in [5.74, 6) is 1.69. The second-order valence-corrected chi connectivity index (χ2v) is 4.84. The molecule has 0 aliphatic heterocycles. The minimum Gasteiger partial charge on any atom is -0.365 e. The van der Waals surface area contributed by atoms with E-state index in [0.717, 1.165) is 30.3 Å². The molecule has 2 rings (SSSR count). The van der Waals surface area contributed by atoms with Gasteiger partial charge in [-0.15, -0.1) is 0 Å². The predicted molar refractivity (Wildman–Crippen MR) is 66.8 cm³/mol. The number of hydrogen-bond acceptors (Lipinski definition) is 4. The van der Waals surface area contributed by atoms with Crippen molar-refractivity contribution in [2.45, 2.75) is 45.6 Å². The first-order valence-corrected chi connectivity index (χ1v) is 5.99. The van der Waals surface area contributed by atoms with Crippen molar-refractivity contribution in [3.8, 4) is 0 Å². The van der Waals surface area contributed by atoms with Crippen molar-refractivity contribution < 1.29 is 0 Å².